The summed E-state index contributed by atoms with van der Waals surface area (Å²) in [6, 6.07) is 0. The topological polar surface area (TPSA) is 0 Å². The molecule has 0 amide bonds. The van der Waals surface area contributed by atoms with Crippen LogP contribution in [0.25, 0.3) is 0 Å². The maximum atomic E-state index is 13.5. The first kappa shape index (κ1) is 13.9. The molecular weight excluding hydrogens is 182 g/mol. The van der Waals surface area contributed by atoms with Crippen molar-refractivity contribution in [3.05, 3.63) is 0 Å². The highest BCUT2D eigenvalue weighted by molar-refractivity contribution is 4.99. The predicted octanol–water partition coefficient (Wildman–Crippen LogP) is 4.74. The smallest absolute Gasteiger partial charge is 0.207 e. The van der Waals surface area contributed by atoms with Crippen LogP contribution in [-0.2, 0) is 0 Å². The van der Waals surface area contributed by atoms with E-state index in [1.165, 1.54) is 0 Å². The Bertz CT molecular complexity index is 177. The zero-order valence-electron chi connectivity index (χ0n) is 10.8. The van der Waals surface area contributed by atoms with Crippen LogP contribution >= 0.6 is 0 Å². The molecular formula is C12H24F2. The summed E-state index contributed by atoms with van der Waals surface area (Å²) in [7, 11) is 0. The lowest BCUT2D eigenvalue weighted by molar-refractivity contribution is -0.175. The first-order valence-corrected chi connectivity index (χ1v) is 5.13. The summed E-state index contributed by atoms with van der Waals surface area (Å²) in [4.78, 5) is 0. The molecule has 0 rings (SSSR count). The normalized spacial score (nSPS) is 15.9. The average Bonchev–Trinajstić information content (AvgIpc) is 1.81. The van der Waals surface area contributed by atoms with Gasteiger partial charge in [-0.05, 0) is 17.8 Å². The van der Waals surface area contributed by atoms with E-state index in [0.29, 0.717) is 0 Å². The summed E-state index contributed by atoms with van der Waals surface area (Å²) in [5.41, 5.74) is -1.59. The molecule has 0 unspecified atom stereocenters. The van der Waals surface area contributed by atoms with Crippen molar-refractivity contribution < 1.29 is 8.78 Å². The van der Waals surface area contributed by atoms with E-state index in [2.05, 4.69) is 0 Å². The molecule has 0 bridgehead atoms. The average molecular weight is 206 g/mol. The van der Waals surface area contributed by atoms with E-state index in [-0.39, 0.29) is 5.41 Å². The number of rotatable bonds is 2. The Morgan fingerprint density at radius 1 is 0.571 bits per heavy atom. The van der Waals surface area contributed by atoms with Crippen molar-refractivity contribution in [2.24, 2.45) is 16.2 Å². The molecule has 0 aliphatic carbocycles. The molecule has 0 aliphatic rings. The first-order chi connectivity index (χ1) is 5.75. The Morgan fingerprint density at radius 3 is 0.929 bits per heavy atom. The molecule has 0 radical (unpaired) electrons. The van der Waals surface area contributed by atoms with Gasteiger partial charge in [-0.3, -0.25) is 0 Å². The van der Waals surface area contributed by atoms with Gasteiger partial charge in [-0.1, -0.05) is 48.5 Å². The van der Waals surface area contributed by atoms with E-state index in [9.17, 15) is 8.78 Å². The van der Waals surface area contributed by atoms with Gasteiger partial charge in [-0.25, -0.2) is 8.78 Å². The Balaban J connectivity index is 5.30. The molecule has 86 valence electrons. The second kappa shape index (κ2) is 3.18. The van der Waals surface area contributed by atoms with Gasteiger partial charge in [0.05, 0.1) is 0 Å². The van der Waals surface area contributed by atoms with Crippen LogP contribution in [0, 0.1) is 16.2 Å². The van der Waals surface area contributed by atoms with Crippen LogP contribution in [0.15, 0.2) is 0 Å². The molecule has 0 atom stereocenters. The maximum absolute atomic E-state index is 13.5. The zero-order chi connectivity index (χ0) is 12.0. The van der Waals surface area contributed by atoms with Gasteiger partial charge in [-0.15, -0.1) is 0 Å². The van der Waals surface area contributed by atoms with Crippen molar-refractivity contribution in [1.29, 1.82) is 0 Å². The minimum atomic E-state index is -2.66. The van der Waals surface area contributed by atoms with Gasteiger partial charge in [0.15, 0.2) is 0 Å². The molecule has 2 heteroatoms. The zero-order valence-corrected chi connectivity index (χ0v) is 10.8. The van der Waals surface area contributed by atoms with E-state index >= 15 is 0 Å². The third-order valence-corrected chi connectivity index (χ3v) is 4.53. The number of halogens is 2. The Kier molecular flexibility index (Phi) is 3.15. The van der Waals surface area contributed by atoms with E-state index in [4.69, 9.17) is 0 Å². The third-order valence-electron chi connectivity index (χ3n) is 4.53. The van der Waals surface area contributed by atoms with Crippen molar-refractivity contribution in [2.45, 2.75) is 61.3 Å². The lowest BCUT2D eigenvalue weighted by Gasteiger charge is -2.53. The van der Waals surface area contributed by atoms with E-state index < -0.39 is 16.8 Å². The van der Waals surface area contributed by atoms with Gasteiger partial charge in [0.2, 0.25) is 0 Å². The molecule has 0 nitrogen and oxygen atoms in total. The van der Waals surface area contributed by atoms with Crippen LogP contribution in [-0.4, -0.2) is 5.92 Å². The van der Waals surface area contributed by atoms with Gasteiger partial charge in [0, 0.05) is 5.41 Å². The van der Waals surface area contributed by atoms with E-state index in [1.54, 1.807) is 13.8 Å². The molecule has 0 saturated heterocycles. The summed E-state index contributed by atoms with van der Waals surface area (Å²) in [5, 5.41) is 0. The van der Waals surface area contributed by atoms with Crippen molar-refractivity contribution in [3.8, 4) is 0 Å². The third kappa shape index (κ3) is 1.94. The van der Waals surface area contributed by atoms with E-state index in [0.717, 1.165) is 6.92 Å². The minimum Gasteiger partial charge on any atom is -0.207 e. The van der Waals surface area contributed by atoms with Crippen LogP contribution in [0.5, 0.6) is 0 Å². The fourth-order valence-corrected chi connectivity index (χ4v) is 1.49. The highest BCUT2D eigenvalue weighted by atomic mass is 19.3. The Morgan fingerprint density at radius 2 is 0.857 bits per heavy atom. The lowest BCUT2D eigenvalue weighted by atomic mass is 9.53. The second-order valence-electron chi connectivity index (χ2n) is 6.39. The molecule has 0 aliphatic heterocycles. The summed E-state index contributed by atoms with van der Waals surface area (Å²) >= 11 is 0. The van der Waals surface area contributed by atoms with Crippen molar-refractivity contribution in [1.82, 2.24) is 0 Å². The maximum Gasteiger partial charge on any atom is 0.250 e. The molecule has 0 fully saturated rings. The number of hydrogen-bond acceptors (Lipinski definition) is 0. The first-order valence-electron chi connectivity index (χ1n) is 5.13. The molecule has 0 aromatic heterocycles. The van der Waals surface area contributed by atoms with Crippen molar-refractivity contribution in [3.63, 3.8) is 0 Å². The van der Waals surface area contributed by atoms with Gasteiger partial charge in [-0.2, -0.15) is 0 Å². The lowest BCUT2D eigenvalue weighted by Crippen LogP contribution is -2.51. The highest BCUT2D eigenvalue weighted by Crippen LogP contribution is 2.57. The summed E-state index contributed by atoms with van der Waals surface area (Å²) in [6.45, 7) is 14.2. The van der Waals surface area contributed by atoms with Gasteiger partial charge in [0.1, 0.15) is 0 Å². The van der Waals surface area contributed by atoms with Gasteiger partial charge < -0.3 is 0 Å². The summed E-state index contributed by atoms with van der Waals surface area (Å²) in [6.07, 6.45) is 0. The van der Waals surface area contributed by atoms with Crippen LogP contribution in [0.3, 0.4) is 0 Å². The van der Waals surface area contributed by atoms with E-state index in [1.807, 2.05) is 34.6 Å². The Hall–Kier alpha value is -0.140. The van der Waals surface area contributed by atoms with Crippen LogP contribution in [0.1, 0.15) is 55.4 Å². The van der Waals surface area contributed by atoms with Crippen molar-refractivity contribution >= 4 is 0 Å². The molecule has 0 N–H and O–H groups in total. The molecule has 0 saturated carbocycles. The molecule has 0 aromatic carbocycles. The predicted molar refractivity (Wildman–Crippen MR) is 57.6 cm³/mol. The number of hydrogen-bond donors (Lipinski definition) is 0. The molecule has 0 spiro atoms. The number of alkyl halides is 2. The van der Waals surface area contributed by atoms with Crippen LogP contribution < -0.4 is 0 Å². The molecule has 14 heavy (non-hydrogen) atoms. The summed E-state index contributed by atoms with van der Waals surface area (Å²) < 4.78 is 27.1. The van der Waals surface area contributed by atoms with Crippen molar-refractivity contribution in [2.75, 3.05) is 0 Å². The monoisotopic (exact) mass is 206 g/mol. The standard InChI is InChI=1S/C12H24F2/c1-9(2,3)10(4,5)11(6,7)12(8,13)14/h1-8H3. The minimum absolute atomic E-state index is 0.143. The molecule has 0 aromatic rings. The summed E-state index contributed by atoms with van der Waals surface area (Å²) in [5.74, 6) is -2.66. The Labute approximate surface area is 87.1 Å². The molecule has 0 heterocycles. The van der Waals surface area contributed by atoms with Gasteiger partial charge in [0.25, 0.3) is 5.92 Å². The van der Waals surface area contributed by atoms with Gasteiger partial charge >= 0.3 is 0 Å². The largest absolute Gasteiger partial charge is 0.250 e. The second-order valence-corrected chi connectivity index (χ2v) is 6.39. The fraction of sp³-hybridized carbons (Fsp3) is 1.00. The van der Waals surface area contributed by atoms with Crippen LogP contribution in [0.2, 0.25) is 0 Å². The highest BCUT2D eigenvalue weighted by Gasteiger charge is 2.56. The fourth-order valence-electron chi connectivity index (χ4n) is 1.49. The van der Waals surface area contributed by atoms with Crippen LogP contribution in [0.4, 0.5) is 8.78 Å². The SMILES string of the molecule is CC(C)(C)C(C)(C)C(C)(C)C(C)(F)F. The quantitative estimate of drug-likeness (QED) is 0.612.